The van der Waals surface area contributed by atoms with Crippen LogP contribution in [-0.4, -0.2) is 37.6 Å². The van der Waals surface area contributed by atoms with Crippen LogP contribution in [0.25, 0.3) is 0 Å². The van der Waals surface area contributed by atoms with Gasteiger partial charge in [0.15, 0.2) is 0 Å². The van der Waals surface area contributed by atoms with Crippen molar-refractivity contribution in [2.45, 2.75) is 182 Å². The van der Waals surface area contributed by atoms with Crippen LogP contribution in [0.2, 0.25) is 0 Å². The van der Waals surface area contributed by atoms with Crippen LogP contribution in [-0.2, 0) is 23.9 Å². The second-order valence-corrected chi connectivity index (χ2v) is 19.3. The first-order valence-electron chi connectivity index (χ1n) is 23.9. The van der Waals surface area contributed by atoms with Gasteiger partial charge in [0.25, 0.3) is 0 Å². The summed E-state index contributed by atoms with van der Waals surface area (Å²) < 4.78 is 9.96. The summed E-state index contributed by atoms with van der Waals surface area (Å²) >= 11 is 0. The third kappa shape index (κ3) is 29.0. The summed E-state index contributed by atoms with van der Waals surface area (Å²) in [6.07, 6.45) is 34.6. The first-order valence-corrected chi connectivity index (χ1v) is 25.9. The van der Waals surface area contributed by atoms with Gasteiger partial charge in [-0.25, -0.2) is 0 Å². The number of hydrogen-bond acceptors (Lipinski definition) is 5. The third-order valence-electron chi connectivity index (χ3n) is 10.6. The van der Waals surface area contributed by atoms with E-state index >= 15 is 0 Å². The highest BCUT2D eigenvalue weighted by Gasteiger charge is 2.44. The molecule has 0 bridgehead atoms. The number of unbranched alkanes of at least 4 members (excludes halogenated alkanes) is 18. The van der Waals surface area contributed by atoms with Gasteiger partial charge in [0, 0.05) is 19.3 Å². The van der Waals surface area contributed by atoms with E-state index in [0.717, 1.165) is 63.8 Å². The number of carbonyl (C=O) groups is 3. The molecule has 5 nitrogen and oxygen atoms in total. The topological polar surface area (TPSA) is 69.7 Å². The lowest BCUT2D eigenvalue weighted by Crippen LogP contribution is -3.00. The Bertz CT molecular complexity index is 1350. The van der Waals surface area contributed by atoms with Gasteiger partial charge >= 0.3 is 11.9 Å². The molecule has 0 heterocycles. The Morgan fingerprint density at radius 3 is 1.15 bits per heavy atom. The highest BCUT2D eigenvalue weighted by Crippen LogP contribution is 2.56. The summed E-state index contributed by atoms with van der Waals surface area (Å²) in [6.45, 7) is 9.16. The Labute approximate surface area is 384 Å². The second kappa shape index (κ2) is 42.2. The average Bonchev–Trinajstić information content (AvgIpc) is 3.28. The molecule has 3 rings (SSSR count). The lowest BCUT2D eigenvalue weighted by Gasteiger charge is -2.27. The van der Waals surface area contributed by atoms with Gasteiger partial charge in [-0.05, 0) is 108 Å². The molecule has 7 heteroatoms. The molecule has 342 valence electrons. The van der Waals surface area contributed by atoms with Crippen molar-refractivity contribution in [3.63, 3.8) is 0 Å². The standard InChI is InChI=1S/C26H30O2P.C18H34O2.C10H20O.BrH/c1-2-28-26(27)21-13-6-14-22-29(23-15-7-3-8-16-23,24-17-9-4-10-18-24)25-19-11-5-12-20-25;1-3-5-6-7-8-9-10-11-12-13-14-15-16-17-18(19)20-4-2;1-2-3-4-5-6-7-8-9-10-11;/h3-5,7-12,15-20H,2,6,13-14,21-22H2,1H3;12-13H,3-11,14-17H2,1-2H3;10H,2-9H2,1H3;1H/q+1;;;/p-1/b;13-12-;;. The predicted octanol–water partition coefficient (Wildman–Crippen LogP) is 11.2. The van der Waals surface area contributed by atoms with E-state index in [1.807, 2.05) is 13.8 Å². The molecule has 0 N–H and O–H groups in total. The Morgan fingerprint density at radius 2 is 0.770 bits per heavy atom. The zero-order chi connectivity index (χ0) is 43.6. The number of carbonyl (C=O) groups excluding carboxylic acids is 3. The van der Waals surface area contributed by atoms with Crippen molar-refractivity contribution < 1.29 is 40.8 Å². The first-order chi connectivity index (χ1) is 29.5. The van der Waals surface area contributed by atoms with E-state index in [0.29, 0.717) is 26.1 Å². The van der Waals surface area contributed by atoms with E-state index in [-0.39, 0.29) is 28.9 Å². The molecule has 0 radical (unpaired) electrons. The summed E-state index contributed by atoms with van der Waals surface area (Å²) in [5.41, 5.74) is 0. The van der Waals surface area contributed by atoms with E-state index in [1.54, 1.807) is 0 Å². The van der Waals surface area contributed by atoms with Gasteiger partial charge in [-0.15, -0.1) is 0 Å². The molecule has 0 saturated carbocycles. The lowest BCUT2D eigenvalue weighted by atomic mass is 10.1. The van der Waals surface area contributed by atoms with E-state index in [1.165, 1.54) is 106 Å². The molecule has 0 saturated heterocycles. The summed E-state index contributed by atoms with van der Waals surface area (Å²) in [5.74, 6) is -0.137. The zero-order valence-electron chi connectivity index (χ0n) is 38.9. The van der Waals surface area contributed by atoms with Crippen molar-refractivity contribution in [1.82, 2.24) is 0 Å². The van der Waals surface area contributed by atoms with Crippen LogP contribution in [0, 0.1) is 0 Å². The molecule has 0 atom stereocenters. The van der Waals surface area contributed by atoms with Crippen LogP contribution >= 0.6 is 7.26 Å². The van der Waals surface area contributed by atoms with Gasteiger partial charge in [-0.1, -0.05) is 158 Å². The summed E-state index contributed by atoms with van der Waals surface area (Å²) in [6, 6.07) is 32.9. The van der Waals surface area contributed by atoms with Crippen molar-refractivity contribution in [3.8, 4) is 0 Å². The summed E-state index contributed by atoms with van der Waals surface area (Å²) in [5, 5.41) is 4.26. The van der Waals surface area contributed by atoms with Crippen LogP contribution < -0.4 is 32.9 Å². The van der Waals surface area contributed by atoms with Crippen LogP contribution in [0.5, 0.6) is 0 Å². The minimum atomic E-state index is -1.75. The SMILES string of the molecule is CCCCCCCCC/C=C\CCCCC(=O)OCC.CCCCCCCCCC=O.CCOC(=O)CCCCC[P+](c1ccccc1)(c1ccccc1)c1ccccc1.[Br-]. The lowest BCUT2D eigenvalue weighted by molar-refractivity contribution is -0.144. The molecule has 0 aliphatic heterocycles. The molecule has 0 fully saturated rings. The van der Waals surface area contributed by atoms with Gasteiger partial charge in [0.1, 0.15) is 29.5 Å². The molecule has 0 spiro atoms. The Kier molecular flexibility index (Phi) is 40.1. The largest absolute Gasteiger partial charge is 1.00 e. The fraction of sp³-hybridized carbons (Fsp3) is 0.574. The van der Waals surface area contributed by atoms with E-state index in [2.05, 4.69) is 117 Å². The minimum Gasteiger partial charge on any atom is -1.00 e. The Morgan fingerprint density at radius 1 is 0.443 bits per heavy atom. The smallest absolute Gasteiger partial charge is 0.305 e. The number of esters is 2. The molecule has 0 unspecified atom stereocenters. The first kappa shape index (κ1) is 57.9. The fourth-order valence-electron chi connectivity index (χ4n) is 7.31. The van der Waals surface area contributed by atoms with E-state index in [4.69, 9.17) is 9.47 Å². The van der Waals surface area contributed by atoms with Crippen molar-refractivity contribution in [3.05, 3.63) is 103 Å². The molecule has 0 amide bonds. The molecule has 0 aromatic heterocycles. The highest BCUT2D eigenvalue weighted by molar-refractivity contribution is 7.95. The van der Waals surface area contributed by atoms with E-state index in [9.17, 15) is 14.4 Å². The van der Waals surface area contributed by atoms with Crippen molar-refractivity contribution in [2.24, 2.45) is 0 Å². The quantitative estimate of drug-likeness (QED) is 0.0205. The van der Waals surface area contributed by atoms with Gasteiger partial charge in [-0.2, -0.15) is 0 Å². The maximum Gasteiger partial charge on any atom is 0.305 e. The zero-order valence-corrected chi connectivity index (χ0v) is 41.3. The minimum absolute atomic E-state index is 0. The number of halogens is 1. The number of hydrogen-bond donors (Lipinski definition) is 0. The molecule has 0 aliphatic rings. The molecule has 3 aromatic rings. The van der Waals surface area contributed by atoms with Crippen molar-refractivity contribution in [2.75, 3.05) is 19.4 Å². The molecule has 0 aliphatic carbocycles. The third-order valence-corrected chi connectivity index (χ3v) is 15.2. The molecular formula is C54H84BrO5P. The predicted molar refractivity (Wildman–Crippen MR) is 261 cm³/mol. The number of benzene rings is 3. The maximum atomic E-state index is 11.7. The Balaban J connectivity index is 0.000000979. The molecule has 3 aromatic carbocycles. The van der Waals surface area contributed by atoms with E-state index < -0.39 is 7.26 Å². The van der Waals surface area contributed by atoms with Gasteiger partial charge in [0.05, 0.1) is 19.4 Å². The summed E-state index contributed by atoms with van der Waals surface area (Å²) in [4.78, 5) is 32.7. The average molecular weight is 924 g/mol. The van der Waals surface area contributed by atoms with Gasteiger partial charge in [-0.3, -0.25) is 9.59 Å². The van der Waals surface area contributed by atoms with Crippen LogP contribution in [0.4, 0.5) is 0 Å². The van der Waals surface area contributed by atoms with Gasteiger partial charge in [0.2, 0.25) is 0 Å². The number of ether oxygens (including phenoxy) is 2. The highest BCUT2D eigenvalue weighted by atomic mass is 79.9. The van der Waals surface area contributed by atoms with Crippen LogP contribution in [0.1, 0.15) is 182 Å². The Hall–Kier alpha value is -3.08. The number of aldehydes is 1. The second-order valence-electron chi connectivity index (χ2n) is 15.7. The number of allylic oxidation sites excluding steroid dienone is 2. The number of rotatable bonds is 32. The monoisotopic (exact) mass is 923 g/mol. The fourth-order valence-corrected chi connectivity index (χ4v) is 11.7. The normalized spacial score (nSPS) is 10.8. The van der Waals surface area contributed by atoms with Crippen LogP contribution in [0.15, 0.2) is 103 Å². The van der Waals surface area contributed by atoms with Crippen molar-refractivity contribution in [1.29, 1.82) is 0 Å². The van der Waals surface area contributed by atoms with Crippen LogP contribution in [0.3, 0.4) is 0 Å². The van der Waals surface area contributed by atoms with Crippen molar-refractivity contribution >= 4 is 41.4 Å². The molecular weight excluding hydrogens is 839 g/mol. The summed E-state index contributed by atoms with van der Waals surface area (Å²) in [7, 11) is -1.75. The maximum absolute atomic E-state index is 11.7. The molecule has 61 heavy (non-hydrogen) atoms. The van der Waals surface area contributed by atoms with Gasteiger partial charge < -0.3 is 31.2 Å².